The van der Waals surface area contributed by atoms with Crippen LogP contribution in [0.25, 0.3) is 0 Å². The third-order valence-electron chi connectivity index (χ3n) is 4.61. The number of carboxylic acid groups (broad SMARTS) is 1. The van der Waals surface area contributed by atoms with Crippen LogP contribution in [0.1, 0.15) is 19.3 Å². The van der Waals surface area contributed by atoms with Crippen LogP contribution in [0.5, 0.6) is 0 Å². The van der Waals surface area contributed by atoms with E-state index in [1.807, 2.05) is 0 Å². The Hall–Kier alpha value is -3.00. The first kappa shape index (κ1) is 22.7. The van der Waals surface area contributed by atoms with Crippen molar-refractivity contribution in [3.8, 4) is 0 Å². The molecule has 168 valence electrons. The van der Waals surface area contributed by atoms with Crippen molar-refractivity contribution in [1.29, 1.82) is 0 Å². The molecule has 0 saturated carbocycles. The van der Waals surface area contributed by atoms with E-state index in [2.05, 4.69) is 30.8 Å². The molecular formula is C18H24N6O6S. The number of aliphatic carboxylic acids is 1. The van der Waals surface area contributed by atoms with Gasteiger partial charge in [0.25, 0.3) is 5.91 Å². The Kier molecular flexibility index (Phi) is 7.22. The van der Waals surface area contributed by atoms with E-state index in [0.717, 1.165) is 0 Å². The van der Waals surface area contributed by atoms with Crippen molar-refractivity contribution in [3.05, 3.63) is 42.7 Å². The minimum absolute atomic E-state index is 0.123. The largest absolute Gasteiger partial charge is 0.478 e. The number of carboxylic acids is 1. The van der Waals surface area contributed by atoms with Gasteiger partial charge in [-0.2, -0.15) is 4.72 Å². The van der Waals surface area contributed by atoms with Crippen LogP contribution in [0.15, 0.2) is 47.6 Å². The fourth-order valence-electron chi connectivity index (χ4n) is 3.04. The van der Waals surface area contributed by atoms with E-state index in [9.17, 15) is 23.1 Å². The normalized spacial score (nSPS) is 18.3. The molecule has 1 aromatic heterocycles. The highest BCUT2D eigenvalue weighted by Gasteiger charge is 2.45. The minimum Gasteiger partial charge on any atom is -0.478 e. The lowest BCUT2D eigenvalue weighted by Gasteiger charge is -2.32. The van der Waals surface area contributed by atoms with Crippen LogP contribution in [-0.4, -0.2) is 60.2 Å². The highest BCUT2D eigenvalue weighted by Crippen LogP contribution is 2.18. The fraction of sp³-hybridized carbons (Fsp3) is 0.389. The number of aromatic nitrogens is 2. The standard InChI is InChI=1S/C18H24N6O6S/c25-15(14-7-10-22-30-14)23-18(16(26)27,8-4-9-19-17-20-11-12-21-17)24-31(28,29)13-5-2-1-3-6-13/h1-3,5-6,11-12,14,22,24H,4,7-10H2,(H,23,25)(H,26,27)(H2,19,20,21). The van der Waals surface area contributed by atoms with Crippen molar-refractivity contribution in [2.24, 2.45) is 0 Å². The first-order valence-electron chi connectivity index (χ1n) is 9.59. The van der Waals surface area contributed by atoms with Gasteiger partial charge in [-0.25, -0.2) is 23.7 Å². The lowest BCUT2D eigenvalue weighted by molar-refractivity contribution is -0.151. The SMILES string of the molecule is O=C(NC(CCCNc1ncc[nH]1)(NS(=O)(=O)c1ccccc1)C(=O)O)C1CCNO1. The second-order valence-electron chi connectivity index (χ2n) is 6.88. The highest BCUT2D eigenvalue weighted by molar-refractivity contribution is 7.89. The van der Waals surface area contributed by atoms with E-state index in [0.29, 0.717) is 18.9 Å². The van der Waals surface area contributed by atoms with Gasteiger partial charge < -0.3 is 20.7 Å². The summed E-state index contributed by atoms with van der Waals surface area (Å²) in [5.41, 5.74) is 0.268. The molecule has 1 fully saturated rings. The highest BCUT2D eigenvalue weighted by atomic mass is 32.2. The Morgan fingerprint density at radius 3 is 2.68 bits per heavy atom. The van der Waals surface area contributed by atoms with Crippen LogP contribution in [0, 0.1) is 0 Å². The molecule has 1 amide bonds. The fourth-order valence-corrected chi connectivity index (χ4v) is 4.37. The number of sulfonamides is 1. The third kappa shape index (κ3) is 5.79. The maximum Gasteiger partial charge on any atom is 0.345 e. The molecule has 0 aliphatic carbocycles. The van der Waals surface area contributed by atoms with E-state index in [1.165, 1.54) is 24.3 Å². The molecule has 2 atom stereocenters. The van der Waals surface area contributed by atoms with Gasteiger partial charge in [0.2, 0.25) is 15.7 Å². The number of carbonyl (C=O) groups is 2. The predicted molar refractivity (Wildman–Crippen MR) is 109 cm³/mol. The number of rotatable bonds is 11. The summed E-state index contributed by atoms with van der Waals surface area (Å²) in [6.45, 7) is 0.702. The number of benzene rings is 1. The number of aromatic amines is 1. The molecule has 0 spiro atoms. The number of carbonyl (C=O) groups excluding carboxylic acids is 1. The molecule has 0 bridgehead atoms. The van der Waals surface area contributed by atoms with Gasteiger partial charge in [-0.05, 0) is 31.4 Å². The predicted octanol–water partition coefficient (Wildman–Crippen LogP) is -0.229. The van der Waals surface area contributed by atoms with Crippen LogP contribution in [0.3, 0.4) is 0 Å². The Morgan fingerprint density at radius 2 is 2.06 bits per heavy atom. The number of nitrogens with one attached hydrogen (secondary N) is 5. The van der Waals surface area contributed by atoms with E-state index >= 15 is 0 Å². The van der Waals surface area contributed by atoms with Crippen LogP contribution in [0.2, 0.25) is 0 Å². The Bertz CT molecular complexity index is 978. The van der Waals surface area contributed by atoms with Gasteiger partial charge in [0.1, 0.15) is 0 Å². The molecule has 1 saturated heterocycles. The van der Waals surface area contributed by atoms with E-state index < -0.39 is 33.7 Å². The molecule has 2 heterocycles. The molecular weight excluding hydrogens is 428 g/mol. The van der Waals surface area contributed by atoms with E-state index in [-0.39, 0.29) is 24.3 Å². The van der Waals surface area contributed by atoms with Crippen LogP contribution in [0.4, 0.5) is 5.95 Å². The molecule has 2 unspecified atom stereocenters. The summed E-state index contributed by atoms with van der Waals surface area (Å²) in [6, 6.07) is 7.33. The lowest BCUT2D eigenvalue weighted by Crippen LogP contribution is -2.66. The van der Waals surface area contributed by atoms with Crippen molar-refractivity contribution >= 4 is 27.8 Å². The summed E-state index contributed by atoms with van der Waals surface area (Å²) in [5.74, 6) is -1.79. The number of amides is 1. The number of imidazole rings is 1. The monoisotopic (exact) mass is 452 g/mol. The maximum absolute atomic E-state index is 12.9. The molecule has 2 aromatic rings. The first-order valence-corrected chi connectivity index (χ1v) is 11.1. The number of anilines is 1. The minimum atomic E-state index is -4.25. The van der Waals surface area contributed by atoms with Crippen molar-refractivity contribution in [3.63, 3.8) is 0 Å². The second-order valence-corrected chi connectivity index (χ2v) is 8.56. The number of hydrogen-bond acceptors (Lipinski definition) is 8. The average Bonchev–Trinajstić information content (AvgIpc) is 3.45. The molecule has 1 aromatic carbocycles. The average molecular weight is 452 g/mol. The summed E-state index contributed by atoms with van der Waals surface area (Å²) in [5, 5.41) is 15.3. The van der Waals surface area contributed by atoms with Gasteiger partial charge in [-0.1, -0.05) is 18.2 Å². The summed E-state index contributed by atoms with van der Waals surface area (Å²) in [6.07, 6.45) is 2.54. The van der Waals surface area contributed by atoms with Gasteiger partial charge in [0.15, 0.2) is 12.1 Å². The molecule has 0 radical (unpaired) electrons. The molecule has 1 aliphatic heterocycles. The quantitative estimate of drug-likeness (QED) is 0.199. The van der Waals surface area contributed by atoms with Crippen LogP contribution in [-0.2, 0) is 24.4 Å². The molecule has 12 nitrogen and oxygen atoms in total. The van der Waals surface area contributed by atoms with Crippen molar-refractivity contribution in [1.82, 2.24) is 25.5 Å². The van der Waals surface area contributed by atoms with E-state index in [4.69, 9.17) is 4.84 Å². The van der Waals surface area contributed by atoms with Crippen LogP contribution >= 0.6 is 0 Å². The van der Waals surface area contributed by atoms with E-state index in [1.54, 1.807) is 18.5 Å². The maximum atomic E-state index is 12.9. The topological polar surface area (TPSA) is 175 Å². The van der Waals surface area contributed by atoms with Crippen molar-refractivity contribution in [2.75, 3.05) is 18.4 Å². The zero-order valence-electron chi connectivity index (χ0n) is 16.5. The first-order chi connectivity index (χ1) is 14.8. The molecule has 13 heteroatoms. The third-order valence-corrected chi connectivity index (χ3v) is 6.12. The van der Waals surface area contributed by atoms with Gasteiger partial charge in [-0.3, -0.25) is 9.63 Å². The zero-order valence-corrected chi connectivity index (χ0v) is 17.3. The Balaban J connectivity index is 1.80. The second kappa shape index (κ2) is 9.87. The summed E-state index contributed by atoms with van der Waals surface area (Å²) < 4.78 is 27.9. The molecule has 6 N–H and O–H groups in total. The number of hydroxylamine groups is 1. The number of nitrogens with zero attached hydrogens (tertiary/aromatic N) is 1. The summed E-state index contributed by atoms with van der Waals surface area (Å²) in [7, 11) is -4.25. The van der Waals surface area contributed by atoms with Gasteiger partial charge in [0, 0.05) is 25.5 Å². The lowest BCUT2D eigenvalue weighted by atomic mass is 10.0. The van der Waals surface area contributed by atoms with Gasteiger partial charge in [0.05, 0.1) is 4.90 Å². The van der Waals surface area contributed by atoms with Gasteiger partial charge >= 0.3 is 5.97 Å². The zero-order chi connectivity index (χ0) is 22.3. The number of hydrogen-bond donors (Lipinski definition) is 6. The van der Waals surface area contributed by atoms with Crippen LogP contribution < -0.4 is 20.8 Å². The Labute approximate surface area is 178 Å². The van der Waals surface area contributed by atoms with Gasteiger partial charge in [-0.15, -0.1) is 0 Å². The Morgan fingerprint density at radius 1 is 1.29 bits per heavy atom. The van der Waals surface area contributed by atoms with Crippen molar-refractivity contribution < 1.29 is 28.0 Å². The smallest absolute Gasteiger partial charge is 0.345 e. The van der Waals surface area contributed by atoms with Crippen molar-refractivity contribution in [2.45, 2.75) is 35.9 Å². The summed E-state index contributed by atoms with van der Waals surface area (Å²) >= 11 is 0. The molecule has 1 aliphatic rings. The summed E-state index contributed by atoms with van der Waals surface area (Å²) in [4.78, 5) is 36.7. The number of H-pyrrole nitrogens is 1. The molecule has 3 rings (SSSR count). The molecule has 31 heavy (non-hydrogen) atoms.